The Morgan fingerprint density at radius 2 is 1.89 bits per heavy atom. The third-order valence-electron chi connectivity index (χ3n) is 3.67. The van der Waals surface area contributed by atoms with Crippen molar-refractivity contribution in [3.63, 3.8) is 0 Å². The Hall–Kier alpha value is -2.85. The molecule has 1 rings (SSSR count). The van der Waals surface area contributed by atoms with Gasteiger partial charge < -0.3 is 30.3 Å². The zero-order chi connectivity index (χ0) is 20.6. The highest BCUT2D eigenvalue weighted by molar-refractivity contribution is 5.98. The van der Waals surface area contributed by atoms with Crippen molar-refractivity contribution in [3.8, 4) is 0 Å². The first-order chi connectivity index (χ1) is 12.7. The van der Waals surface area contributed by atoms with Gasteiger partial charge in [-0.2, -0.15) is 0 Å². The fourth-order valence-electron chi connectivity index (χ4n) is 2.30. The van der Waals surface area contributed by atoms with Crippen molar-refractivity contribution in [2.45, 2.75) is 13.8 Å². The summed E-state index contributed by atoms with van der Waals surface area (Å²) < 4.78 is 5.05. The molecule has 0 unspecified atom stereocenters. The molecule has 0 atom stereocenters. The number of benzene rings is 1. The topological polar surface area (TPSA) is 125 Å². The lowest BCUT2D eigenvalue weighted by atomic mass is 10.1. The molecule has 27 heavy (non-hydrogen) atoms. The van der Waals surface area contributed by atoms with Crippen LogP contribution >= 0.6 is 0 Å². The normalized spacial score (nSPS) is 10.1. The van der Waals surface area contributed by atoms with E-state index in [0.29, 0.717) is 12.2 Å². The Balaban J connectivity index is 2.84. The van der Waals surface area contributed by atoms with E-state index in [4.69, 9.17) is 9.94 Å². The summed E-state index contributed by atoms with van der Waals surface area (Å²) in [7, 11) is 3.38. The standard InChI is InChI=1S/C17H25N4O6/c1-5-18-15(22)10-20(6-2)16(23)11-27-17(24)13-9-12(21(25)26)7-8-14(13)19(3)4/h7-9,25H,5-6,10-11H2,1-4H3,(H,18,22)/q-1. The maximum atomic E-state index is 12.4. The molecule has 0 saturated carbocycles. The maximum Gasteiger partial charge on any atom is 0.340 e. The number of ether oxygens (including phenoxy) is 1. The Morgan fingerprint density at radius 3 is 2.41 bits per heavy atom. The van der Waals surface area contributed by atoms with Crippen LogP contribution in [-0.4, -0.2) is 68.2 Å². The number of esters is 1. The summed E-state index contributed by atoms with van der Waals surface area (Å²) in [6.07, 6.45) is 0. The summed E-state index contributed by atoms with van der Waals surface area (Å²) in [4.78, 5) is 39.1. The van der Waals surface area contributed by atoms with Gasteiger partial charge in [0.15, 0.2) is 6.61 Å². The second-order valence-corrected chi connectivity index (χ2v) is 5.81. The van der Waals surface area contributed by atoms with Crippen molar-refractivity contribution >= 4 is 29.2 Å². The van der Waals surface area contributed by atoms with Gasteiger partial charge in [-0.1, -0.05) is 0 Å². The van der Waals surface area contributed by atoms with E-state index < -0.39 is 18.5 Å². The predicted octanol–water partition coefficient (Wildman–Crippen LogP) is 0.587. The molecule has 0 aromatic heterocycles. The van der Waals surface area contributed by atoms with Gasteiger partial charge in [0.1, 0.15) is 0 Å². The molecular weight excluding hydrogens is 356 g/mol. The minimum Gasteiger partial charge on any atom is -0.733 e. The number of amides is 2. The highest BCUT2D eigenvalue weighted by atomic mass is 16.8. The minimum absolute atomic E-state index is 0.0203. The maximum absolute atomic E-state index is 12.4. The molecule has 2 amide bonds. The van der Waals surface area contributed by atoms with E-state index in [9.17, 15) is 19.6 Å². The van der Waals surface area contributed by atoms with E-state index in [-0.39, 0.29) is 35.5 Å². The third kappa shape index (κ3) is 6.42. The number of likely N-dealkylation sites (N-methyl/N-ethyl adjacent to an activating group) is 2. The van der Waals surface area contributed by atoms with Gasteiger partial charge in [-0.3, -0.25) is 14.8 Å². The van der Waals surface area contributed by atoms with Gasteiger partial charge in [-0.05, 0) is 32.0 Å². The van der Waals surface area contributed by atoms with E-state index in [0.717, 1.165) is 0 Å². The number of nitrogens with one attached hydrogen (secondary N) is 1. The molecule has 2 N–H and O–H groups in total. The smallest absolute Gasteiger partial charge is 0.340 e. The van der Waals surface area contributed by atoms with Crippen LogP contribution in [0.2, 0.25) is 0 Å². The van der Waals surface area contributed by atoms with Crippen LogP contribution in [0.3, 0.4) is 0 Å². The van der Waals surface area contributed by atoms with Crippen LogP contribution < -0.4 is 15.4 Å². The van der Waals surface area contributed by atoms with Crippen molar-refractivity contribution in [3.05, 3.63) is 29.0 Å². The molecule has 10 heteroatoms. The Labute approximate surface area is 157 Å². The fourth-order valence-corrected chi connectivity index (χ4v) is 2.30. The molecule has 0 heterocycles. The molecule has 10 nitrogen and oxygen atoms in total. The first-order valence-corrected chi connectivity index (χ1v) is 8.40. The average molecular weight is 381 g/mol. The molecule has 150 valence electrons. The number of rotatable bonds is 9. The lowest BCUT2D eigenvalue weighted by molar-refractivity contribution is -0.138. The van der Waals surface area contributed by atoms with Gasteiger partial charge >= 0.3 is 5.97 Å². The summed E-state index contributed by atoms with van der Waals surface area (Å²) in [5, 5.41) is 22.3. The SMILES string of the molecule is CCNC(=O)CN(CC)C(=O)COC(=O)c1cc(N([O-])O)ccc1N(C)C. The van der Waals surface area contributed by atoms with E-state index in [1.807, 2.05) is 0 Å². The lowest BCUT2D eigenvalue weighted by Crippen LogP contribution is -2.42. The zero-order valence-electron chi connectivity index (χ0n) is 15.9. The average Bonchev–Trinajstić information content (AvgIpc) is 2.63. The molecule has 0 radical (unpaired) electrons. The molecule has 0 saturated heterocycles. The molecule has 0 spiro atoms. The second-order valence-electron chi connectivity index (χ2n) is 5.81. The van der Waals surface area contributed by atoms with Gasteiger partial charge in [-0.15, -0.1) is 0 Å². The Kier molecular flexibility index (Phi) is 8.49. The van der Waals surface area contributed by atoms with E-state index >= 15 is 0 Å². The van der Waals surface area contributed by atoms with E-state index in [2.05, 4.69) is 5.32 Å². The van der Waals surface area contributed by atoms with Crippen LogP contribution in [0.15, 0.2) is 18.2 Å². The first-order valence-electron chi connectivity index (χ1n) is 8.40. The highest BCUT2D eigenvalue weighted by Crippen LogP contribution is 2.25. The third-order valence-corrected chi connectivity index (χ3v) is 3.67. The van der Waals surface area contributed by atoms with Gasteiger partial charge in [0.05, 0.1) is 23.5 Å². The number of carbonyl (C=O) groups excluding carboxylic acids is 3. The summed E-state index contributed by atoms with van der Waals surface area (Å²) in [5.41, 5.74) is 0.324. The molecule has 0 bridgehead atoms. The summed E-state index contributed by atoms with van der Waals surface area (Å²) in [6, 6.07) is 3.99. The number of hydrogen-bond acceptors (Lipinski definition) is 8. The molecule has 0 fully saturated rings. The van der Waals surface area contributed by atoms with Gasteiger partial charge in [0.2, 0.25) is 5.91 Å². The van der Waals surface area contributed by atoms with Crippen molar-refractivity contribution in [2.24, 2.45) is 0 Å². The summed E-state index contributed by atoms with van der Waals surface area (Å²) in [6.45, 7) is 3.52. The fraction of sp³-hybridized carbons (Fsp3) is 0.471. The summed E-state index contributed by atoms with van der Waals surface area (Å²) in [5.74, 6) is -1.66. The largest absolute Gasteiger partial charge is 0.733 e. The molecule has 0 aliphatic carbocycles. The van der Waals surface area contributed by atoms with Crippen molar-refractivity contribution in [1.82, 2.24) is 10.2 Å². The zero-order valence-corrected chi connectivity index (χ0v) is 15.9. The second kappa shape index (κ2) is 10.3. The molecular formula is C17H25N4O6-. The van der Waals surface area contributed by atoms with Crippen LogP contribution in [0.1, 0.15) is 24.2 Å². The lowest BCUT2D eigenvalue weighted by Gasteiger charge is -2.24. The van der Waals surface area contributed by atoms with Gasteiger partial charge in [-0.25, -0.2) is 4.79 Å². The van der Waals surface area contributed by atoms with Crippen molar-refractivity contribution in [2.75, 3.05) is 50.5 Å². The number of anilines is 2. The molecule has 1 aromatic carbocycles. The number of hydrogen-bond donors (Lipinski definition) is 2. The highest BCUT2D eigenvalue weighted by Gasteiger charge is 2.20. The van der Waals surface area contributed by atoms with Gasteiger partial charge in [0, 0.05) is 27.2 Å². The summed E-state index contributed by atoms with van der Waals surface area (Å²) >= 11 is 0. The van der Waals surface area contributed by atoms with Crippen molar-refractivity contribution in [1.29, 1.82) is 0 Å². The Bertz CT molecular complexity index is 677. The van der Waals surface area contributed by atoms with Crippen LogP contribution in [0.5, 0.6) is 0 Å². The quantitative estimate of drug-likeness (QED) is 0.470. The molecule has 0 aliphatic heterocycles. The van der Waals surface area contributed by atoms with Crippen LogP contribution in [-0.2, 0) is 14.3 Å². The minimum atomic E-state index is -0.829. The van der Waals surface area contributed by atoms with Crippen molar-refractivity contribution < 1.29 is 24.3 Å². The molecule has 0 aliphatic rings. The Morgan fingerprint density at radius 1 is 1.22 bits per heavy atom. The molecule has 1 aromatic rings. The van der Waals surface area contributed by atoms with Crippen LogP contribution in [0.4, 0.5) is 11.4 Å². The van der Waals surface area contributed by atoms with Crippen LogP contribution in [0, 0.1) is 5.21 Å². The first kappa shape index (κ1) is 22.2. The van der Waals surface area contributed by atoms with Gasteiger partial charge in [0.25, 0.3) is 5.91 Å². The predicted molar refractivity (Wildman–Crippen MR) is 99.6 cm³/mol. The monoisotopic (exact) mass is 381 g/mol. The van der Waals surface area contributed by atoms with E-state index in [1.54, 1.807) is 32.8 Å². The van der Waals surface area contributed by atoms with Crippen LogP contribution in [0.25, 0.3) is 0 Å². The van der Waals surface area contributed by atoms with E-state index in [1.165, 1.54) is 23.1 Å². The number of nitrogens with zero attached hydrogens (tertiary/aromatic N) is 3. The number of carbonyl (C=O) groups is 3.